The van der Waals surface area contributed by atoms with Gasteiger partial charge in [-0.05, 0) is 55.8 Å². The van der Waals surface area contributed by atoms with Crippen molar-refractivity contribution in [3.63, 3.8) is 0 Å². The molecule has 7 nitrogen and oxygen atoms in total. The van der Waals surface area contributed by atoms with Gasteiger partial charge in [0.2, 0.25) is 11.8 Å². The molecule has 0 spiro atoms. The maximum atomic E-state index is 12.6. The largest absolute Gasteiger partial charge is 0.467 e. The topological polar surface area (TPSA) is 100 Å². The summed E-state index contributed by atoms with van der Waals surface area (Å²) in [6.45, 7) is 5.66. The number of nitrogens with one attached hydrogen (secondary N) is 2. The quantitative estimate of drug-likeness (QED) is 0.553. The monoisotopic (exact) mass is 422 g/mol. The van der Waals surface area contributed by atoms with Crippen LogP contribution in [0.25, 0.3) is 0 Å². The number of carbonyl (C=O) groups is 2. The molecule has 3 aromatic rings. The summed E-state index contributed by atoms with van der Waals surface area (Å²) >= 11 is 1.38. The molecule has 0 unspecified atom stereocenters. The van der Waals surface area contributed by atoms with Crippen LogP contribution in [0.4, 0.5) is 11.5 Å². The fraction of sp³-hybridized carbons (Fsp3) is 0.227. The number of furan rings is 1. The van der Waals surface area contributed by atoms with Crippen LogP contribution >= 0.6 is 11.8 Å². The molecule has 0 aliphatic carbocycles. The number of hydrogen-bond acceptors (Lipinski definition) is 5. The molecule has 8 heteroatoms. The molecule has 0 fully saturated rings. The highest BCUT2D eigenvalue weighted by Gasteiger charge is 2.20. The van der Waals surface area contributed by atoms with Crippen molar-refractivity contribution >= 4 is 35.1 Å². The Bertz CT molecular complexity index is 1090. The van der Waals surface area contributed by atoms with Crippen molar-refractivity contribution in [2.75, 3.05) is 16.4 Å². The van der Waals surface area contributed by atoms with Gasteiger partial charge in [0.15, 0.2) is 0 Å². The second kappa shape index (κ2) is 9.37. The van der Waals surface area contributed by atoms with E-state index in [4.69, 9.17) is 4.42 Å². The van der Waals surface area contributed by atoms with Gasteiger partial charge in [0.1, 0.15) is 17.6 Å². The molecule has 30 heavy (non-hydrogen) atoms. The van der Waals surface area contributed by atoms with Gasteiger partial charge in [0.25, 0.3) is 0 Å². The first-order chi connectivity index (χ1) is 14.4. The summed E-state index contributed by atoms with van der Waals surface area (Å²) in [4.78, 5) is 24.6. The minimum Gasteiger partial charge on any atom is -0.467 e. The highest BCUT2D eigenvalue weighted by molar-refractivity contribution is 8.00. The Morgan fingerprint density at radius 1 is 1.17 bits per heavy atom. The lowest BCUT2D eigenvalue weighted by molar-refractivity contribution is -0.114. The molecule has 2 aromatic heterocycles. The maximum Gasteiger partial charge on any atom is 0.235 e. The molecular weight excluding hydrogens is 400 g/mol. The summed E-state index contributed by atoms with van der Waals surface area (Å²) < 4.78 is 7.31. The van der Waals surface area contributed by atoms with Crippen LogP contribution in [0.5, 0.6) is 0 Å². The van der Waals surface area contributed by atoms with E-state index in [-0.39, 0.29) is 17.6 Å². The van der Waals surface area contributed by atoms with Crippen molar-refractivity contribution in [2.45, 2.75) is 32.2 Å². The van der Waals surface area contributed by atoms with Gasteiger partial charge in [-0.1, -0.05) is 0 Å². The Hall–Kier alpha value is -3.44. The third-order valence-electron chi connectivity index (χ3n) is 4.64. The van der Waals surface area contributed by atoms with E-state index in [1.165, 1.54) is 18.7 Å². The zero-order valence-electron chi connectivity index (χ0n) is 17.0. The molecule has 2 heterocycles. The number of hydrogen-bond donors (Lipinski definition) is 2. The number of thioether (sulfide) groups is 1. The van der Waals surface area contributed by atoms with Gasteiger partial charge in [0.05, 0.1) is 24.1 Å². The average Bonchev–Trinajstić information content (AvgIpc) is 3.30. The standard InChI is InChI=1S/C22H22N4O3S/c1-14-15(2)26(12-18-5-4-10-29-18)22(20(14)11-23)25-21(28)13-30-19-8-6-17(7-9-19)24-16(3)27/h4-10H,12-13H2,1-3H3,(H,24,27)(H,25,28). The van der Waals surface area contributed by atoms with Crippen molar-refractivity contribution in [3.8, 4) is 6.07 Å². The van der Waals surface area contributed by atoms with Crippen molar-refractivity contribution in [1.29, 1.82) is 5.26 Å². The summed E-state index contributed by atoms with van der Waals surface area (Å²) in [5.41, 5.74) is 2.90. The Morgan fingerprint density at radius 3 is 2.50 bits per heavy atom. The lowest BCUT2D eigenvalue weighted by Gasteiger charge is -2.12. The zero-order chi connectivity index (χ0) is 21.7. The molecule has 0 bridgehead atoms. The van der Waals surface area contributed by atoms with Gasteiger partial charge in [0, 0.05) is 23.2 Å². The predicted octanol–water partition coefficient (Wildman–Crippen LogP) is 4.31. The normalized spacial score (nSPS) is 10.5. The number of anilines is 2. The minimum atomic E-state index is -0.208. The molecule has 0 saturated carbocycles. The number of benzene rings is 1. The van der Waals surface area contributed by atoms with Crippen LogP contribution in [0.2, 0.25) is 0 Å². The van der Waals surface area contributed by atoms with Gasteiger partial charge in [-0.15, -0.1) is 11.8 Å². The molecule has 1 aromatic carbocycles. The van der Waals surface area contributed by atoms with E-state index in [0.717, 1.165) is 21.9 Å². The van der Waals surface area contributed by atoms with Gasteiger partial charge in [-0.3, -0.25) is 9.59 Å². The fourth-order valence-corrected chi connectivity index (χ4v) is 3.74. The SMILES string of the molecule is CC(=O)Nc1ccc(SCC(=O)Nc2c(C#N)c(C)c(C)n2Cc2ccco2)cc1. The van der Waals surface area contributed by atoms with E-state index < -0.39 is 0 Å². The molecule has 0 aliphatic rings. The molecule has 0 radical (unpaired) electrons. The van der Waals surface area contributed by atoms with Gasteiger partial charge in [-0.2, -0.15) is 5.26 Å². The van der Waals surface area contributed by atoms with Crippen LogP contribution < -0.4 is 10.6 Å². The number of nitrogens with zero attached hydrogens (tertiary/aromatic N) is 2. The number of carbonyl (C=O) groups excluding carboxylic acids is 2. The van der Waals surface area contributed by atoms with E-state index >= 15 is 0 Å². The Labute approximate surface area is 179 Å². The molecule has 0 aliphatic heterocycles. The van der Waals surface area contributed by atoms with Gasteiger partial charge < -0.3 is 19.6 Å². The van der Waals surface area contributed by atoms with Crippen LogP contribution in [-0.4, -0.2) is 22.1 Å². The fourth-order valence-electron chi connectivity index (χ4n) is 3.04. The lowest BCUT2D eigenvalue weighted by atomic mass is 10.2. The van der Waals surface area contributed by atoms with Gasteiger partial charge >= 0.3 is 0 Å². The summed E-state index contributed by atoms with van der Waals surface area (Å²) in [5, 5.41) is 15.2. The Balaban J connectivity index is 1.70. The number of amides is 2. The first kappa shape index (κ1) is 21.3. The lowest BCUT2D eigenvalue weighted by Crippen LogP contribution is -2.18. The van der Waals surface area contributed by atoms with E-state index in [2.05, 4.69) is 16.7 Å². The summed E-state index contributed by atoms with van der Waals surface area (Å²) in [5.74, 6) is 1.07. The summed E-state index contributed by atoms with van der Waals surface area (Å²) in [6, 6.07) is 13.1. The molecule has 2 N–H and O–H groups in total. The second-order valence-electron chi connectivity index (χ2n) is 6.75. The van der Waals surface area contributed by atoms with Crippen LogP contribution in [0.3, 0.4) is 0 Å². The van der Waals surface area contributed by atoms with Crippen molar-refractivity contribution in [2.24, 2.45) is 0 Å². The van der Waals surface area contributed by atoms with Crippen LogP contribution in [0, 0.1) is 25.2 Å². The highest BCUT2D eigenvalue weighted by atomic mass is 32.2. The van der Waals surface area contributed by atoms with Gasteiger partial charge in [-0.25, -0.2) is 0 Å². The maximum absolute atomic E-state index is 12.6. The molecule has 3 rings (SSSR count). The first-order valence-electron chi connectivity index (χ1n) is 9.31. The molecule has 2 amide bonds. The van der Waals surface area contributed by atoms with Crippen LogP contribution in [0.15, 0.2) is 52.0 Å². The van der Waals surface area contributed by atoms with Crippen molar-refractivity contribution in [3.05, 3.63) is 65.2 Å². The molecule has 0 saturated heterocycles. The number of nitriles is 1. The zero-order valence-corrected chi connectivity index (χ0v) is 17.8. The third-order valence-corrected chi connectivity index (χ3v) is 5.65. The minimum absolute atomic E-state index is 0.133. The van der Waals surface area contributed by atoms with E-state index in [1.54, 1.807) is 24.5 Å². The van der Waals surface area contributed by atoms with E-state index in [1.807, 2.05) is 36.6 Å². The second-order valence-corrected chi connectivity index (χ2v) is 7.80. The molecule has 0 atom stereocenters. The van der Waals surface area contributed by atoms with Crippen LogP contribution in [0.1, 0.15) is 29.5 Å². The smallest absolute Gasteiger partial charge is 0.235 e. The van der Waals surface area contributed by atoms with Crippen molar-refractivity contribution in [1.82, 2.24) is 4.57 Å². The van der Waals surface area contributed by atoms with E-state index in [9.17, 15) is 14.9 Å². The van der Waals surface area contributed by atoms with Crippen LogP contribution in [-0.2, 0) is 16.1 Å². The number of aromatic nitrogens is 1. The van der Waals surface area contributed by atoms with E-state index in [0.29, 0.717) is 23.6 Å². The summed E-state index contributed by atoms with van der Waals surface area (Å²) in [7, 11) is 0. The molecule has 154 valence electrons. The third kappa shape index (κ3) is 4.93. The Morgan fingerprint density at radius 2 is 1.90 bits per heavy atom. The predicted molar refractivity (Wildman–Crippen MR) is 117 cm³/mol. The highest BCUT2D eigenvalue weighted by Crippen LogP contribution is 2.28. The number of rotatable bonds is 7. The average molecular weight is 423 g/mol. The Kier molecular flexibility index (Phi) is 6.65. The first-order valence-corrected chi connectivity index (χ1v) is 10.3. The van der Waals surface area contributed by atoms with Crippen molar-refractivity contribution < 1.29 is 14.0 Å². The molecular formula is C22H22N4O3S. The summed E-state index contributed by atoms with van der Waals surface area (Å²) in [6.07, 6.45) is 1.60.